The maximum atomic E-state index is 12.7. The summed E-state index contributed by atoms with van der Waals surface area (Å²) in [6.07, 6.45) is 4.88. The van der Waals surface area contributed by atoms with Gasteiger partial charge in [0.15, 0.2) is 11.5 Å². The molecule has 1 amide bonds. The Balaban J connectivity index is 2.05. The lowest BCUT2D eigenvalue weighted by molar-refractivity contribution is 0.0952. The number of pyridine rings is 2. The molecule has 0 bridgehead atoms. The van der Waals surface area contributed by atoms with Gasteiger partial charge in [-0.3, -0.25) is 14.6 Å². The number of amides is 1. The van der Waals surface area contributed by atoms with Crippen molar-refractivity contribution in [2.24, 2.45) is 7.05 Å². The van der Waals surface area contributed by atoms with Crippen LogP contribution in [0, 0.1) is 0 Å². The van der Waals surface area contributed by atoms with Crippen molar-refractivity contribution in [2.45, 2.75) is 6.54 Å². The molecule has 2 heterocycles. The van der Waals surface area contributed by atoms with Gasteiger partial charge in [-0.15, -0.1) is 0 Å². The molecule has 3 rings (SSSR count). The summed E-state index contributed by atoms with van der Waals surface area (Å²) >= 11 is 0. The van der Waals surface area contributed by atoms with E-state index in [2.05, 4.69) is 10.3 Å². The Bertz CT molecular complexity index is 1010. The highest BCUT2D eigenvalue weighted by Gasteiger charge is 2.17. The van der Waals surface area contributed by atoms with E-state index in [1.807, 2.05) is 6.07 Å². The molecule has 134 valence electrons. The molecular weight excluding hydrogens is 334 g/mol. The fourth-order valence-electron chi connectivity index (χ4n) is 2.75. The molecule has 3 aromatic rings. The minimum Gasteiger partial charge on any atom is -0.493 e. The summed E-state index contributed by atoms with van der Waals surface area (Å²) in [5, 5.41) is 3.75. The molecule has 0 aliphatic heterocycles. The second-order valence-electron chi connectivity index (χ2n) is 5.76. The first-order valence-electron chi connectivity index (χ1n) is 7.97. The Kier molecular flexibility index (Phi) is 4.88. The Labute approximate surface area is 150 Å². The van der Waals surface area contributed by atoms with Gasteiger partial charge in [-0.05, 0) is 23.8 Å². The quantitative estimate of drug-likeness (QED) is 0.757. The fourth-order valence-corrected chi connectivity index (χ4v) is 2.75. The summed E-state index contributed by atoms with van der Waals surface area (Å²) in [4.78, 5) is 29.2. The lowest BCUT2D eigenvalue weighted by atomic mass is 10.1. The maximum absolute atomic E-state index is 12.7. The standard InChI is InChI=1S/C19H19N3O4/c1-22-11-15(18(23)21-10-12-5-4-6-20-9-12)13-7-16(25-2)17(26-3)8-14(13)19(22)24/h4-9,11H,10H2,1-3H3,(H,21,23). The van der Waals surface area contributed by atoms with Gasteiger partial charge in [0.25, 0.3) is 11.5 Å². The van der Waals surface area contributed by atoms with Gasteiger partial charge in [0.2, 0.25) is 0 Å². The molecule has 0 unspecified atom stereocenters. The van der Waals surface area contributed by atoms with E-state index in [0.29, 0.717) is 34.4 Å². The number of rotatable bonds is 5. The highest BCUT2D eigenvalue weighted by Crippen LogP contribution is 2.32. The first-order valence-corrected chi connectivity index (χ1v) is 7.97. The number of benzene rings is 1. The molecule has 26 heavy (non-hydrogen) atoms. The first-order chi connectivity index (χ1) is 12.5. The molecule has 7 heteroatoms. The molecule has 1 N–H and O–H groups in total. The predicted octanol–water partition coefficient (Wildman–Crippen LogP) is 1.88. The molecule has 0 fully saturated rings. The molecule has 2 aromatic heterocycles. The summed E-state index contributed by atoms with van der Waals surface area (Å²) < 4.78 is 12.0. The molecule has 0 saturated carbocycles. The SMILES string of the molecule is COc1cc2c(C(=O)NCc3cccnc3)cn(C)c(=O)c2cc1OC. The summed E-state index contributed by atoms with van der Waals surface area (Å²) in [5.41, 5.74) is 1.05. The van der Waals surface area contributed by atoms with E-state index >= 15 is 0 Å². The molecular formula is C19H19N3O4. The van der Waals surface area contributed by atoms with Crippen LogP contribution in [0.5, 0.6) is 11.5 Å². The van der Waals surface area contributed by atoms with Gasteiger partial charge >= 0.3 is 0 Å². The van der Waals surface area contributed by atoms with Crippen LogP contribution in [0.4, 0.5) is 0 Å². The van der Waals surface area contributed by atoms with E-state index in [-0.39, 0.29) is 11.5 Å². The average molecular weight is 353 g/mol. The third-order valence-corrected chi connectivity index (χ3v) is 4.11. The van der Waals surface area contributed by atoms with E-state index in [4.69, 9.17) is 9.47 Å². The third kappa shape index (κ3) is 3.23. The van der Waals surface area contributed by atoms with Crippen molar-refractivity contribution in [1.82, 2.24) is 14.9 Å². The maximum Gasteiger partial charge on any atom is 0.258 e. The minimum absolute atomic E-state index is 0.218. The number of carbonyl (C=O) groups excluding carboxylic acids is 1. The van der Waals surface area contributed by atoms with Crippen molar-refractivity contribution in [3.8, 4) is 11.5 Å². The van der Waals surface area contributed by atoms with E-state index in [1.54, 1.807) is 37.6 Å². The number of nitrogens with one attached hydrogen (secondary N) is 1. The average Bonchev–Trinajstić information content (AvgIpc) is 2.68. The largest absolute Gasteiger partial charge is 0.493 e. The van der Waals surface area contributed by atoms with E-state index in [1.165, 1.54) is 25.0 Å². The molecule has 7 nitrogen and oxygen atoms in total. The Morgan fingerprint density at radius 1 is 1.19 bits per heavy atom. The fraction of sp³-hybridized carbons (Fsp3) is 0.211. The molecule has 1 aromatic carbocycles. The normalized spacial score (nSPS) is 10.6. The van der Waals surface area contributed by atoms with Gasteiger partial charge in [-0.25, -0.2) is 0 Å². The van der Waals surface area contributed by atoms with Crippen LogP contribution in [0.15, 0.2) is 47.7 Å². The van der Waals surface area contributed by atoms with Gasteiger partial charge < -0.3 is 19.4 Å². The lowest BCUT2D eigenvalue weighted by Crippen LogP contribution is -2.26. The molecule has 0 saturated heterocycles. The van der Waals surface area contributed by atoms with E-state index in [0.717, 1.165) is 5.56 Å². The summed E-state index contributed by atoms with van der Waals surface area (Å²) in [6, 6.07) is 6.92. The Hall–Kier alpha value is -3.35. The Morgan fingerprint density at radius 3 is 2.50 bits per heavy atom. The van der Waals surface area contributed by atoms with Crippen molar-refractivity contribution < 1.29 is 14.3 Å². The molecule has 0 radical (unpaired) electrons. The van der Waals surface area contributed by atoms with E-state index in [9.17, 15) is 9.59 Å². The van der Waals surface area contributed by atoms with Crippen LogP contribution < -0.4 is 20.3 Å². The number of hydrogen-bond donors (Lipinski definition) is 1. The van der Waals surface area contributed by atoms with Crippen molar-refractivity contribution in [3.63, 3.8) is 0 Å². The molecule has 0 atom stereocenters. The minimum atomic E-state index is -0.290. The second kappa shape index (κ2) is 7.26. The number of fused-ring (bicyclic) bond motifs is 1. The van der Waals surface area contributed by atoms with Crippen LogP contribution in [0.3, 0.4) is 0 Å². The predicted molar refractivity (Wildman–Crippen MR) is 97.7 cm³/mol. The number of hydrogen-bond acceptors (Lipinski definition) is 5. The zero-order chi connectivity index (χ0) is 18.7. The number of nitrogens with zero attached hydrogens (tertiary/aromatic N) is 2. The third-order valence-electron chi connectivity index (χ3n) is 4.11. The van der Waals surface area contributed by atoms with Crippen LogP contribution in [0.2, 0.25) is 0 Å². The number of aryl methyl sites for hydroxylation is 1. The second-order valence-corrected chi connectivity index (χ2v) is 5.76. The summed E-state index contributed by atoms with van der Waals surface area (Å²) in [7, 11) is 4.61. The van der Waals surface area contributed by atoms with Gasteiger partial charge in [0.05, 0.1) is 25.2 Å². The number of aromatic nitrogens is 2. The topological polar surface area (TPSA) is 82.5 Å². The van der Waals surface area contributed by atoms with Gasteiger partial charge in [0.1, 0.15) is 0 Å². The zero-order valence-corrected chi connectivity index (χ0v) is 14.8. The van der Waals surface area contributed by atoms with Gasteiger partial charge in [-0.1, -0.05) is 6.07 Å². The molecule has 0 aliphatic carbocycles. The van der Waals surface area contributed by atoms with Crippen LogP contribution in [-0.2, 0) is 13.6 Å². The highest BCUT2D eigenvalue weighted by atomic mass is 16.5. The monoisotopic (exact) mass is 353 g/mol. The molecule has 0 aliphatic rings. The first kappa shape index (κ1) is 17.5. The number of ether oxygens (including phenoxy) is 2. The Morgan fingerprint density at radius 2 is 1.88 bits per heavy atom. The van der Waals surface area contributed by atoms with Crippen LogP contribution >= 0.6 is 0 Å². The number of carbonyl (C=O) groups is 1. The summed E-state index contributed by atoms with van der Waals surface area (Å²) in [5.74, 6) is 0.598. The van der Waals surface area contributed by atoms with Gasteiger partial charge in [-0.2, -0.15) is 0 Å². The van der Waals surface area contributed by atoms with Crippen molar-refractivity contribution in [3.05, 3.63) is 64.3 Å². The van der Waals surface area contributed by atoms with Crippen molar-refractivity contribution in [1.29, 1.82) is 0 Å². The lowest BCUT2D eigenvalue weighted by Gasteiger charge is -2.13. The van der Waals surface area contributed by atoms with Crippen LogP contribution in [-0.4, -0.2) is 29.7 Å². The zero-order valence-electron chi connectivity index (χ0n) is 14.8. The van der Waals surface area contributed by atoms with Crippen molar-refractivity contribution >= 4 is 16.7 Å². The smallest absolute Gasteiger partial charge is 0.258 e. The van der Waals surface area contributed by atoms with Crippen LogP contribution in [0.25, 0.3) is 10.8 Å². The number of methoxy groups -OCH3 is 2. The van der Waals surface area contributed by atoms with Crippen molar-refractivity contribution in [2.75, 3.05) is 14.2 Å². The van der Waals surface area contributed by atoms with Crippen LogP contribution in [0.1, 0.15) is 15.9 Å². The summed E-state index contributed by atoms with van der Waals surface area (Å²) in [6.45, 7) is 0.338. The van der Waals surface area contributed by atoms with Gasteiger partial charge in [0, 0.05) is 37.6 Å². The highest BCUT2D eigenvalue weighted by molar-refractivity contribution is 6.07. The molecule has 0 spiro atoms. The van der Waals surface area contributed by atoms with E-state index < -0.39 is 0 Å².